The van der Waals surface area contributed by atoms with Crippen molar-refractivity contribution in [2.75, 3.05) is 39.0 Å². The van der Waals surface area contributed by atoms with E-state index in [9.17, 15) is 9.18 Å². The number of halogens is 1. The van der Waals surface area contributed by atoms with Crippen molar-refractivity contribution >= 4 is 11.6 Å². The van der Waals surface area contributed by atoms with Crippen molar-refractivity contribution in [1.82, 2.24) is 10.2 Å². The summed E-state index contributed by atoms with van der Waals surface area (Å²) in [4.78, 5) is 13.6. The lowest BCUT2D eigenvalue weighted by molar-refractivity contribution is -0.116. The molecule has 1 amide bonds. The lowest BCUT2D eigenvalue weighted by atomic mass is 10.3. The topological polar surface area (TPSA) is 44.4 Å². The molecule has 0 spiro atoms. The molecule has 18 heavy (non-hydrogen) atoms. The van der Waals surface area contributed by atoms with Gasteiger partial charge in [0.15, 0.2) is 0 Å². The number of benzene rings is 1. The molecular formula is C13H20FN3O. The maximum Gasteiger partial charge on any atom is 0.225 e. The number of nitrogens with zero attached hydrogens (tertiary/aromatic N) is 1. The summed E-state index contributed by atoms with van der Waals surface area (Å²) in [6, 6.07) is 5.89. The van der Waals surface area contributed by atoms with Gasteiger partial charge in [0.05, 0.1) is 0 Å². The Balaban J connectivity index is 2.18. The number of likely N-dealkylation sites (N-methyl/N-ethyl adjacent to an activating group) is 1. The highest BCUT2D eigenvalue weighted by atomic mass is 19.1. The number of carbonyl (C=O) groups excluding carboxylic acids is 1. The second-order valence-corrected chi connectivity index (χ2v) is 4.36. The van der Waals surface area contributed by atoms with Gasteiger partial charge in [-0.25, -0.2) is 4.39 Å². The molecule has 0 bridgehead atoms. The number of rotatable bonds is 7. The van der Waals surface area contributed by atoms with E-state index in [0.29, 0.717) is 18.7 Å². The van der Waals surface area contributed by atoms with E-state index in [2.05, 4.69) is 15.5 Å². The van der Waals surface area contributed by atoms with Crippen LogP contribution in [-0.4, -0.2) is 44.5 Å². The Bertz CT molecular complexity index is 382. The summed E-state index contributed by atoms with van der Waals surface area (Å²) in [5, 5.41) is 5.82. The average molecular weight is 253 g/mol. The third-order valence-electron chi connectivity index (χ3n) is 2.37. The predicted molar refractivity (Wildman–Crippen MR) is 71.1 cm³/mol. The Hall–Kier alpha value is -1.46. The molecule has 0 atom stereocenters. The Morgan fingerprint density at radius 2 is 2.11 bits per heavy atom. The van der Waals surface area contributed by atoms with Crippen LogP contribution in [0, 0.1) is 5.82 Å². The maximum atomic E-state index is 12.9. The van der Waals surface area contributed by atoms with Gasteiger partial charge < -0.3 is 15.5 Å². The van der Waals surface area contributed by atoms with Gasteiger partial charge >= 0.3 is 0 Å². The van der Waals surface area contributed by atoms with Gasteiger partial charge in [-0.2, -0.15) is 0 Å². The van der Waals surface area contributed by atoms with Gasteiger partial charge in [-0.05, 0) is 32.3 Å². The summed E-state index contributed by atoms with van der Waals surface area (Å²) in [5.74, 6) is -0.463. The Labute approximate surface area is 107 Å². The molecule has 100 valence electrons. The zero-order valence-electron chi connectivity index (χ0n) is 10.9. The predicted octanol–water partition coefficient (Wildman–Crippen LogP) is 1.31. The van der Waals surface area contributed by atoms with Crippen LogP contribution in [0.2, 0.25) is 0 Å². The number of anilines is 1. The molecule has 0 aliphatic rings. The summed E-state index contributed by atoms with van der Waals surface area (Å²) in [5.41, 5.74) is 0.494. The summed E-state index contributed by atoms with van der Waals surface area (Å²) >= 11 is 0. The molecule has 0 radical (unpaired) electrons. The van der Waals surface area contributed by atoms with Crippen molar-refractivity contribution < 1.29 is 9.18 Å². The zero-order valence-corrected chi connectivity index (χ0v) is 10.9. The van der Waals surface area contributed by atoms with Gasteiger partial charge in [0, 0.05) is 31.7 Å². The SMILES string of the molecule is CN(C)CCNCCC(=O)Nc1cccc(F)c1. The van der Waals surface area contributed by atoms with Crippen molar-refractivity contribution in [3.05, 3.63) is 30.1 Å². The molecule has 5 heteroatoms. The van der Waals surface area contributed by atoms with Crippen LogP contribution in [0.5, 0.6) is 0 Å². The van der Waals surface area contributed by atoms with Crippen molar-refractivity contribution in [1.29, 1.82) is 0 Å². The van der Waals surface area contributed by atoms with Crippen molar-refractivity contribution in [2.45, 2.75) is 6.42 Å². The first-order chi connectivity index (χ1) is 8.58. The normalized spacial score (nSPS) is 10.7. The largest absolute Gasteiger partial charge is 0.326 e. The first kappa shape index (κ1) is 14.6. The molecule has 0 saturated heterocycles. The van der Waals surface area contributed by atoms with Crippen LogP contribution < -0.4 is 10.6 Å². The summed E-state index contributed by atoms with van der Waals surface area (Å²) in [6.07, 6.45) is 0.379. The minimum Gasteiger partial charge on any atom is -0.326 e. The van der Waals surface area contributed by atoms with E-state index in [1.807, 2.05) is 14.1 Å². The molecule has 0 saturated carbocycles. The average Bonchev–Trinajstić information content (AvgIpc) is 2.28. The van der Waals surface area contributed by atoms with Gasteiger partial charge in [-0.3, -0.25) is 4.79 Å². The molecule has 0 fully saturated rings. The van der Waals surface area contributed by atoms with Gasteiger partial charge in [0.1, 0.15) is 5.82 Å². The first-order valence-corrected chi connectivity index (χ1v) is 5.99. The van der Waals surface area contributed by atoms with Gasteiger partial charge in [-0.15, -0.1) is 0 Å². The fourth-order valence-electron chi connectivity index (χ4n) is 1.42. The van der Waals surface area contributed by atoms with E-state index in [4.69, 9.17) is 0 Å². The standard InChI is InChI=1S/C13H20FN3O/c1-17(2)9-8-15-7-6-13(18)16-12-5-3-4-11(14)10-12/h3-5,10,15H,6-9H2,1-2H3,(H,16,18). The first-order valence-electron chi connectivity index (χ1n) is 5.99. The monoisotopic (exact) mass is 253 g/mol. The van der Waals surface area contributed by atoms with E-state index in [0.717, 1.165) is 13.1 Å². The van der Waals surface area contributed by atoms with E-state index in [1.54, 1.807) is 12.1 Å². The van der Waals surface area contributed by atoms with E-state index >= 15 is 0 Å². The molecule has 0 aliphatic heterocycles. The van der Waals surface area contributed by atoms with Crippen LogP contribution >= 0.6 is 0 Å². The third kappa shape index (κ3) is 6.32. The highest BCUT2D eigenvalue weighted by Crippen LogP contribution is 2.08. The van der Waals surface area contributed by atoms with E-state index < -0.39 is 0 Å². The van der Waals surface area contributed by atoms with Crippen molar-refractivity contribution in [3.8, 4) is 0 Å². The van der Waals surface area contributed by atoms with Crippen LogP contribution in [0.15, 0.2) is 24.3 Å². The number of nitrogens with one attached hydrogen (secondary N) is 2. The van der Waals surface area contributed by atoms with Crippen LogP contribution in [0.4, 0.5) is 10.1 Å². The number of hydrogen-bond acceptors (Lipinski definition) is 3. The van der Waals surface area contributed by atoms with Gasteiger partial charge in [-0.1, -0.05) is 6.07 Å². The molecule has 0 unspecified atom stereocenters. The van der Waals surface area contributed by atoms with Crippen LogP contribution in [0.1, 0.15) is 6.42 Å². The molecule has 0 aliphatic carbocycles. The summed E-state index contributed by atoms with van der Waals surface area (Å²) < 4.78 is 12.9. The summed E-state index contributed by atoms with van der Waals surface area (Å²) in [7, 11) is 4.00. The van der Waals surface area contributed by atoms with Gasteiger partial charge in [0.2, 0.25) is 5.91 Å². The molecule has 4 nitrogen and oxygen atoms in total. The number of amides is 1. The minimum atomic E-state index is -0.350. The quantitative estimate of drug-likeness (QED) is 0.720. The number of hydrogen-bond donors (Lipinski definition) is 2. The molecular weight excluding hydrogens is 233 g/mol. The number of carbonyl (C=O) groups is 1. The molecule has 0 aromatic heterocycles. The van der Waals surface area contributed by atoms with Crippen LogP contribution in [-0.2, 0) is 4.79 Å². The van der Waals surface area contributed by atoms with Crippen molar-refractivity contribution in [2.24, 2.45) is 0 Å². The highest BCUT2D eigenvalue weighted by molar-refractivity contribution is 5.90. The molecule has 2 N–H and O–H groups in total. The molecule has 1 aromatic rings. The molecule has 1 rings (SSSR count). The lowest BCUT2D eigenvalue weighted by Gasteiger charge is -2.10. The van der Waals surface area contributed by atoms with E-state index in [1.165, 1.54) is 12.1 Å². The Kier molecular flexibility index (Phi) is 6.32. The minimum absolute atomic E-state index is 0.113. The fraction of sp³-hybridized carbons (Fsp3) is 0.462. The highest BCUT2D eigenvalue weighted by Gasteiger charge is 2.02. The van der Waals surface area contributed by atoms with Crippen LogP contribution in [0.25, 0.3) is 0 Å². The van der Waals surface area contributed by atoms with E-state index in [-0.39, 0.29) is 11.7 Å². The lowest BCUT2D eigenvalue weighted by Crippen LogP contribution is -2.29. The second kappa shape index (κ2) is 7.79. The smallest absolute Gasteiger partial charge is 0.225 e. The maximum absolute atomic E-state index is 12.9. The molecule has 0 heterocycles. The van der Waals surface area contributed by atoms with Crippen molar-refractivity contribution in [3.63, 3.8) is 0 Å². The Morgan fingerprint density at radius 3 is 2.78 bits per heavy atom. The Morgan fingerprint density at radius 1 is 1.33 bits per heavy atom. The molecule has 1 aromatic carbocycles. The second-order valence-electron chi connectivity index (χ2n) is 4.36. The summed E-state index contributed by atoms with van der Waals surface area (Å²) in [6.45, 7) is 2.40. The zero-order chi connectivity index (χ0) is 13.4. The third-order valence-corrected chi connectivity index (χ3v) is 2.37. The van der Waals surface area contributed by atoms with Gasteiger partial charge in [0.25, 0.3) is 0 Å². The fourth-order valence-corrected chi connectivity index (χ4v) is 1.42. The van der Waals surface area contributed by atoms with Crippen LogP contribution in [0.3, 0.4) is 0 Å².